The zero-order chi connectivity index (χ0) is 13.4. The lowest BCUT2D eigenvalue weighted by molar-refractivity contribution is 0.0990. The summed E-state index contributed by atoms with van der Waals surface area (Å²) in [6.07, 6.45) is 0. The van der Waals surface area contributed by atoms with Crippen LogP contribution >= 0.6 is 11.6 Å². The van der Waals surface area contributed by atoms with Gasteiger partial charge in [-0.25, -0.2) is 0 Å². The molecule has 0 bridgehead atoms. The van der Waals surface area contributed by atoms with Gasteiger partial charge in [0.2, 0.25) is 0 Å². The monoisotopic (exact) mass is 252 g/mol. The fourth-order valence-electron chi connectivity index (χ4n) is 1.98. The number of hydrogen-bond donors (Lipinski definition) is 0. The highest BCUT2D eigenvalue weighted by molar-refractivity contribution is 6.33. The molecular weight excluding hydrogens is 232 g/mol. The fourth-order valence-corrected chi connectivity index (χ4v) is 2.09. The summed E-state index contributed by atoms with van der Waals surface area (Å²) in [5.41, 5.74) is 4.18. The highest BCUT2D eigenvalue weighted by Gasteiger charge is 2.21. The molecule has 1 rings (SSSR count). The van der Waals surface area contributed by atoms with E-state index in [1.54, 1.807) is 6.92 Å². The third-order valence-corrected chi connectivity index (χ3v) is 3.20. The first-order chi connectivity index (χ1) is 7.64. The van der Waals surface area contributed by atoms with E-state index in [2.05, 4.69) is 32.9 Å². The first-order valence-corrected chi connectivity index (χ1v) is 6.38. The van der Waals surface area contributed by atoms with E-state index in [1.165, 1.54) is 5.56 Å². The lowest BCUT2D eigenvalue weighted by Crippen LogP contribution is -2.17. The molecule has 0 spiro atoms. The van der Waals surface area contributed by atoms with Crippen LogP contribution < -0.4 is 0 Å². The number of benzene rings is 1. The number of rotatable bonds is 2. The minimum atomic E-state index is -0.465. The quantitative estimate of drug-likeness (QED) is 0.563. The largest absolute Gasteiger partial charge is 0.293 e. The first kappa shape index (κ1) is 14.2. The van der Waals surface area contributed by atoms with Crippen LogP contribution in [-0.2, 0) is 5.41 Å². The van der Waals surface area contributed by atoms with E-state index in [4.69, 9.17) is 11.6 Å². The van der Waals surface area contributed by atoms with Crippen molar-refractivity contribution in [1.29, 1.82) is 0 Å². The number of aryl methyl sites for hydroxylation is 2. The summed E-state index contributed by atoms with van der Waals surface area (Å²) in [7, 11) is 0. The summed E-state index contributed by atoms with van der Waals surface area (Å²) in [5.74, 6) is 0.0159. The number of carbonyl (C=O) groups is 1. The number of halogens is 1. The molecule has 1 aromatic rings. The molecule has 0 saturated heterocycles. The molecule has 1 unspecified atom stereocenters. The molecule has 17 heavy (non-hydrogen) atoms. The Hall–Kier alpha value is -0.820. The molecule has 0 aliphatic heterocycles. The average molecular weight is 253 g/mol. The molecule has 0 radical (unpaired) electrons. The lowest BCUT2D eigenvalue weighted by atomic mass is 9.83. The van der Waals surface area contributed by atoms with Crippen molar-refractivity contribution in [1.82, 2.24) is 0 Å². The summed E-state index contributed by atoms with van der Waals surface area (Å²) in [6.45, 7) is 12.2. The van der Waals surface area contributed by atoms with Crippen LogP contribution in [0.3, 0.4) is 0 Å². The number of ketones is 1. The Morgan fingerprint density at radius 3 is 1.88 bits per heavy atom. The Kier molecular flexibility index (Phi) is 4.03. The second-order valence-corrected chi connectivity index (χ2v) is 6.37. The molecule has 0 fully saturated rings. The van der Waals surface area contributed by atoms with Crippen molar-refractivity contribution in [3.05, 3.63) is 34.4 Å². The number of alkyl halides is 1. The Bertz CT molecular complexity index is 416. The van der Waals surface area contributed by atoms with Gasteiger partial charge >= 0.3 is 0 Å². The molecule has 1 aromatic carbocycles. The second-order valence-electron chi connectivity index (χ2n) is 5.72. The van der Waals surface area contributed by atoms with Crippen molar-refractivity contribution in [2.45, 2.75) is 52.3 Å². The van der Waals surface area contributed by atoms with Gasteiger partial charge in [0, 0.05) is 5.56 Å². The number of Topliss-reactive ketones (excluding diaryl/α,β-unsaturated/α-hetero) is 1. The molecule has 2 heteroatoms. The summed E-state index contributed by atoms with van der Waals surface area (Å²) in [6, 6.07) is 4.19. The van der Waals surface area contributed by atoms with E-state index < -0.39 is 5.38 Å². The highest BCUT2D eigenvalue weighted by Crippen LogP contribution is 2.27. The molecule has 0 N–H and O–H groups in total. The van der Waals surface area contributed by atoms with Crippen LogP contribution in [0.5, 0.6) is 0 Å². The zero-order valence-electron chi connectivity index (χ0n) is 11.5. The Morgan fingerprint density at radius 1 is 1.18 bits per heavy atom. The van der Waals surface area contributed by atoms with Crippen molar-refractivity contribution in [2.24, 2.45) is 0 Å². The van der Waals surface area contributed by atoms with Crippen molar-refractivity contribution in [3.63, 3.8) is 0 Å². The predicted molar refractivity (Wildman–Crippen MR) is 74.3 cm³/mol. The van der Waals surface area contributed by atoms with E-state index in [1.807, 2.05) is 13.8 Å². The minimum absolute atomic E-state index is 0.0159. The standard InChI is InChI=1S/C15H21ClO/c1-9-7-12(15(4,5)6)8-10(2)13(9)14(17)11(3)16/h7-8,11H,1-6H3. The number of carbonyl (C=O) groups excluding carboxylic acids is 1. The van der Waals surface area contributed by atoms with Gasteiger partial charge in [-0.05, 0) is 42.9 Å². The maximum atomic E-state index is 12.0. The average Bonchev–Trinajstić information content (AvgIpc) is 2.14. The van der Waals surface area contributed by atoms with Crippen LogP contribution in [0.25, 0.3) is 0 Å². The maximum Gasteiger partial charge on any atom is 0.180 e. The molecule has 0 aromatic heterocycles. The van der Waals surface area contributed by atoms with Crippen LogP contribution in [0.4, 0.5) is 0 Å². The zero-order valence-corrected chi connectivity index (χ0v) is 12.3. The SMILES string of the molecule is Cc1cc(C(C)(C)C)cc(C)c1C(=O)C(C)Cl. The van der Waals surface area contributed by atoms with Crippen LogP contribution in [0.15, 0.2) is 12.1 Å². The van der Waals surface area contributed by atoms with Crippen molar-refractivity contribution >= 4 is 17.4 Å². The van der Waals surface area contributed by atoms with Crippen molar-refractivity contribution < 1.29 is 4.79 Å². The molecular formula is C15H21ClO. The van der Waals surface area contributed by atoms with E-state index in [9.17, 15) is 4.79 Å². The second kappa shape index (κ2) is 4.81. The van der Waals surface area contributed by atoms with Gasteiger partial charge in [0.05, 0.1) is 5.38 Å². The van der Waals surface area contributed by atoms with E-state index in [0.29, 0.717) is 0 Å². The molecule has 0 aliphatic carbocycles. The van der Waals surface area contributed by atoms with Crippen LogP contribution in [-0.4, -0.2) is 11.2 Å². The highest BCUT2D eigenvalue weighted by atomic mass is 35.5. The molecule has 0 amide bonds. The van der Waals surface area contributed by atoms with Crippen molar-refractivity contribution in [2.75, 3.05) is 0 Å². The third kappa shape index (κ3) is 3.10. The molecule has 0 heterocycles. The van der Waals surface area contributed by atoms with Crippen LogP contribution in [0.1, 0.15) is 54.7 Å². The molecule has 0 saturated carbocycles. The Balaban J connectivity index is 3.35. The Labute approximate surface area is 109 Å². The van der Waals surface area contributed by atoms with Gasteiger partial charge in [0.25, 0.3) is 0 Å². The van der Waals surface area contributed by atoms with Crippen LogP contribution in [0.2, 0.25) is 0 Å². The molecule has 1 atom stereocenters. The predicted octanol–water partition coefficient (Wildman–Crippen LogP) is 4.41. The van der Waals surface area contributed by atoms with E-state index >= 15 is 0 Å². The van der Waals surface area contributed by atoms with Crippen LogP contribution in [0, 0.1) is 13.8 Å². The fraction of sp³-hybridized carbons (Fsp3) is 0.533. The van der Waals surface area contributed by atoms with Gasteiger partial charge in [-0.1, -0.05) is 32.9 Å². The van der Waals surface area contributed by atoms with Gasteiger partial charge in [-0.15, -0.1) is 11.6 Å². The molecule has 0 aliphatic rings. The van der Waals surface area contributed by atoms with Gasteiger partial charge in [-0.3, -0.25) is 4.79 Å². The number of hydrogen-bond acceptors (Lipinski definition) is 1. The maximum absolute atomic E-state index is 12.0. The Morgan fingerprint density at radius 2 is 1.59 bits per heavy atom. The topological polar surface area (TPSA) is 17.1 Å². The molecule has 94 valence electrons. The third-order valence-electron chi connectivity index (χ3n) is 3.01. The summed E-state index contributed by atoms with van der Waals surface area (Å²) < 4.78 is 0. The van der Waals surface area contributed by atoms with Gasteiger partial charge in [0.1, 0.15) is 0 Å². The van der Waals surface area contributed by atoms with Gasteiger partial charge in [0.15, 0.2) is 5.78 Å². The summed E-state index contributed by atoms with van der Waals surface area (Å²) in [5, 5.41) is -0.465. The van der Waals surface area contributed by atoms with Crippen molar-refractivity contribution in [3.8, 4) is 0 Å². The van der Waals surface area contributed by atoms with E-state index in [0.717, 1.165) is 16.7 Å². The lowest BCUT2D eigenvalue weighted by Gasteiger charge is -2.22. The summed E-state index contributed by atoms with van der Waals surface area (Å²) in [4.78, 5) is 12.0. The normalized spacial score (nSPS) is 13.6. The molecule has 1 nitrogen and oxygen atoms in total. The van der Waals surface area contributed by atoms with Gasteiger partial charge in [-0.2, -0.15) is 0 Å². The first-order valence-electron chi connectivity index (χ1n) is 5.94. The summed E-state index contributed by atoms with van der Waals surface area (Å²) >= 11 is 5.89. The smallest absolute Gasteiger partial charge is 0.180 e. The minimum Gasteiger partial charge on any atom is -0.293 e. The van der Waals surface area contributed by atoms with Gasteiger partial charge < -0.3 is 0 Å². The van der Waals surface area contributed by atoms with E-state index in [-0.39, 0.29) is 11.2 Å².